The van der Waals surface area contributed by atoms with Crippen LogP contribution in [0.1, 0.15) is 0 Å². The summed E-state index contributed by atoms with van der Waals surface area (Å²) in [5.74, 6) is 0. The van der Waals surface area contributed by atoms with Crippen LogP contribution in [0.2, 0.25) is 0 Å². The number of aromatic nitrogens is 2. The van der Waals surface area contributed by atoms with Gasteiger partial charge >= 0.3 is 0 Å². The van der Waals surface area contributed by atoms with E-state index in [1.807, 2.05) is 0 Å². The highest BCUT2D eigenvalue weighted by Crippen LogP contribution is 2.35. The van der Waals surface area contributed by atoms with Crippen LogP contribution in [0.4, 0.5) is 5.69 Å². The fraction of sp³-hybridized carbons (Fsp3) is 0. The van der Waals surface area contributed by atoms with Crippen LogP contribution >= 0.6 is 27.7 Å². The van der Waals surface area contributed by atoms with E-state index in [0.717, 1.165) is 0 Å². The first-order valence-electron chi connectivity index (χ1n) is 4.54. The van der Waals surface area contributed by atoms with Crippen molar-refractivity contribution in [2.75, 3.05) is 0 Å². The highest BCUT2D eigenvalue weighted by Gasteiger charge is 2.15. The Bertz CT molecular complexity index is 551. The molecule has 0 amide bonds. The van der Waals surface area contributed by atoms with Crippen LogP contribution in [-0.2, 0) is 0 Å². The number of halogens is 1. The first-order valence-corrected chi connectivity index (χ1v) is 6.15. The van der Waals surface area contributed by atoms with Crippen molar-refractivity contribution in [2.45, 2.75) is 9.92 Å². The lowest BCUT2D eigenvalue weighted by molar-refractivity contribution is -0.387. The van der Waals surface area contributed by atoms with E-state index in [9.17, 15) is 10.1 Å². The van der Waals surface area contributed by atoms with Gasteiger partial charge in [0.05, 0.1) is 9.82 Å². The molecule has 0 N–H and O–H groups in total. The number of benzene rings is 1. The van der Waals surface area contributed by atoms with Gasteiger partial charge in [0.25, 0.3) is 5.69 Å². The van der Waals surface area contributed by atoms with Gasteiger partial charge in [-0.1, -0.05) is 27.7 Å². The Morgan fingerprint density at radius 2 is 2.18 bits per heavy atom. The lowest BCUT2D eigenvalue weighted by Gasteiger charge is -2.02. The minimum Gasteiger partial charge on any atom is -0.258 e. The molecule has 5 nitrogen and oxygen atoms in total. The van der Waals surface area contributed by atoms with Crippen LogP contribution in [0, 0.1) is 10.1 Å². The standard InChI is InChI=1S/C10H6BrN3O2S/c11-7-1-2-9(8(5-7)14(15)16)17-10-3-4-12-6-13-10/h1-6H. The van der Waals surface area contributed by atoms with E-state index < -0.39 is 4.92 Å². The van der Waals surface area contributed by atoms with Crippen molar-refractivity contribution in [3.8, 4) is 0 Å². The molecule has 2 rings (SSSR count). The molecule has 17 heavy (non-hydrogen) atoms. The zero-order valence-electron chi connectivity index (χ0n) is 8.41. The number of nitro benzene ring substituents is 1. The summed E-state index contributed by atoms with van der Waals surface area (Å²) in [6.07, 6.45) is 3.01. The van der Waals surface area contributed by atoms with Crippen LogP contribution in [0.3, 0.4) is 0 Å². The molecule has 2 aromatic rings. The van der Waals surface area contributed by atoms with Gasteiger partial charge in [-0.15, -0.1) is 0 Å². The third-order valence-electron chi connectivity index (χ3n) is 1.89. The highest BCUT2D eigenvalue weighted by molar-refractivity contribution is 9.10. The van der Waals surface area contributed by atoms with Gasteiger partial charge in [-0.2, -0.15) is 0 Å². The van der Waals surface area contributed by atoms with Crippen molar-refractivity contribution in [3.63, 3.8) is 0 Å². The maximum atomic E-state index is 10.9. The van der Waals surface area contributed by atoms with Crippen LogP contribution in [0.15, 0.2) is 51.2 Å². The average Bonchev–Trinajstić information content (AvgIpc) is 2.32. The molecule has 1 heterocycles. The molecule has 0 bridgehead atoms. The molecule has 0 atom stereocenters. The van der Waals surface area contributed by atoms with Crippen LogP contribution in [0.25, 0.3) is 0 Å². The van der Waals surface area contributed by atoms with E-state index in [0.29, 0.717) is 14.4 Å². The van der Waals surface area contributed by atoms with E-state index in [1.54, 1.807) is 24.4 Å². The summed E-state index contributed by atoms with van der Waals surface area (Å²) in [6, 6.07) is 6.63. The maximum Gasteiger partial charge on any atom is 0.284 e. The Morgan fingerprint density at radius 1 is 1.35 bits per heavy atom. The molecule has 0 aliphatic heterocycles. The summed E-state index contributed by atoms with van der Waals surface area (Å²) in [5, 5.41) is 11.6. The van der Waals surface area contributed by atoms with E-state index >= 15 is 0 Å². The second kappa shape index (κ2) is 5.24. The molecule has 0 spiro atoms. The number of rotatable bonds is 3. The minimum atomic E-state index is -0.408. The Balaban J connectivity index is 2.36. The van der Waals surface area contributed by atoms with Crippen LogP contribution in [-0.4, -0.2) is 14.9 Å². The van der Waals surface area contributed by atoms with Gasteiger partial charge < -0.3 is 0 Å². The van der Waals surface area contributed by atoms with Gasteiger partial charge in [0.2, 0.25) is 0 Å². The fourth-order valence-corrected chi connectivity index (χ4v) is 2.35. The predicted molar refractivity (Wildman–Crippen MR) is 67.0 cm³/mol. The molecular weight excluding hydrogens is 306 g/mol. The molecular formula is C10H6BrN3O2S. The minimum absolute atomic E-state index is 0.0583. The van der Waals surface area contributed by atoms with Crippen molar-refractivity contribution in [1.82, 2.24) is 9.97 Å². The summed E-state index contributed by atoms with van der Waals surface area (Å²) in [6.45, 7) is 0. The number of nitro groups is 1. The smallest absolute Gasteiger partial charge is 0.258 e. The predicted octanol–water partition coefficient (Wildman–Crippen LogP) is 3.30. The Labute approximate surface area is 110 Å². The lowest BCUT2D eigenvalue weighted by Crippen LogP contribution is -1.91. The Hall–Kier alpha value is -1.47. The summed E-state index contributed by atoms with van der Waals surface area (Å²) >= 11 is 4.45. The molecule has 7 heteroatoms. The molecule has 0 radical (unpaired) electrons. The van der Waals surface area contributed by atoms with Crippen molar-refractivity contribution >= 4 is 33.4 Å². The number of hydrogen-bond acceptors (Lipinski definition) is 5. The number of hydrogen-bond donors (Lipinski definition) is 0. The third kappa shape index (κ3) is 3.01. The molecule has 1 aromatic carbocycles. The topological polar surface area (TPSA) is 68.9 Å². The van der Waals surface area contributed by atoms with Crippen molar-refractivity contribution in [1.29, 1.82) is 0 Å². The molecule has 0 fully saturated rings. The lowest BCUT2D eigenvalue weighted by atomic mass is 10.3. The molecule has 86 valence electrons. The SMILES string of the molecule is O=[N+]([O-])c1cc(Br)ccc1Sc1ccncn1. The van der Waals surface area contributed by atoms with Gasteiger partial charge in [-0.25, -0.2) is 9.97 Å². The molecule has 0 saturated heterocycles. The van der Waals surface area contributed by atoms with E-state index in [1.165, 1.54) is 24.2 Å². The van der Waals surface area contributed by atoms with Gasteiger partial charge in [0, 0.05) is 16.7 Å². The Morgan fingerprint density at radius 3 is 2.82 bits per heavy atom. The van der Waals surface area contributed by atoms with Crippen molar-refractivity contribution in [3.05, 3.63) is 51.4 Å². The van der Waals surface area contributed by atoms with E-state index in [2.05, 4.69) is 25.9 Å². The zero-order chi connectivity index (χ0) is 12.3. The second-order valence-electron chi connectivity index (χ2n) is 3.02. The maximum absolute atomic E-state index is 10.9. The molecule has 0 aliphatic rings. The van der Waals surface area contributed by atoms with Gasteiger partial charge in [0.1, 0.15) is 11.4 Å². The summed E-state index contributed by atoms with van der Waals surface area (Å²) < 4.78 is 0.677. The third-order valence-corrected chi connectivity index (χ3v) is 3.40. The van der Waals surface area contributed by atoms with Gasteiger partial charge in [0.15, 0.2) is 0 Å². The van der Waals surface area contributed by atoms with Gasteiger partial charge in [-0.3, -0.25) is 10.1 Å². The monoisotopic (exact) mass is 311 g/mol. The normalized spacial score (nSPS) is 10.2. The molecule has 0 saturated carbocycles. The van der Waals surface area contributed by atoms with E-state index in [4.69, 9.17) is 0 Å². The quantitative estimate of drug-likeness (QED) is 0.494. The second-order valence-corrected chi connectivity index (χ2v) is 5.00. The first-order chi connectivity index (χ1) is 8.16. The first kappa shape index (κ1) is 12.0. The summed E-state index contributed by atoms with van der Waals surface area (Å²) in [7, 11) is 0. The van der Waals surface area contributed by atoms with Crippen LogP contribution < -0.4 is 0 Å². The van der Waals surface area contributed by atoms with Crippen LogP contribution in [0.5, 0.6) is 0 Å². The van der Waals surface area contributed by atoms with E-state index in [-0.39, 0.29) is 5.69 Å². The molecule has 0 aliphatic carbocycles. The van der Waals surface area contributed by atoms with Crippen molar-refractivity contribution < 1.29 is 4.92 Å². The van der Waals surface area contributed by atoms with Crippen molar-refractivity contribution in [2.24, 2.45) is 0 Å². The molecule has 0 unspecified atom stereocenters. The zero-order valence-corrected chi connectivity index (χ0v) is 10.8. The Kier molecular flexibility index (Phi) is 3.70. The molecule has 1 aromatic heterocycles. The highest BCUT2D eigenvalue weighted by atomic mass is 79.9. The largest absolute Gasteiger partial charge is 0.284 e. The fourth-order valence-electron chi connectivity index (χ4n) is 1.17. The average molecular weight is 312 g/mol. The summed E-state index contributed by atoms with van der Waals surface area (Å²) in [4.78, 5) is 18.9. The summed E-state index contributed by atoms with van der Waals surface area (Å²) in [5.41, 5.74) is 0.0583. The van der Waals surface area contributed by atoms with Gasteiger partial charge in [-0.05, 0) is 18.2 Å². The number of nitrogens with zero attached hydrogens (tertiary/aromatic N) is 3.